The molecule has 0 atom stereocenters. The van der Waals surface area contributed by atoms with Crippen molar-refractivity contribution in [3.63, 3.8) is 0 Å². The number of nitrogens with zero attached hydrogens (tertiary/aromatic N) is 2. The standard InChI is InChI=1S/C49H102N6O3/c1-3-5-7-9-11-13-15-17-19-21-23-25-27-29-31-35-44-54(45-36-32-30-28-26-24-22-20-18-16-14-12-10-8-6-4-2)55(49(57)58)46-38-42-52-40-34-33-39-51-41-37-43-53-48(56)47-50/h51-52H,3-47,50H2,1-2H3,(H,53,56)(H,57,58). The fourth-order valence-corrected chi connectivity index (χ4v) is 8.01. The zero-order chi connectivity index (χ0) is 42.3. The molecule has 0 unspecified atom stereocenters. The van der Waals surface area contributed by atoms with Gasteiger partial charge in [-0.05, 0) is 64.7 Å². The van der Waals surface area contributed by atoms with E-state index in [0.29, 0.717) is 13.1 Å². The number of hydrogen-bond donors (Lipinski definition) is 5. The molecule has 0 bridgehead atoms. The second-order valence-corrected chi connectivity index (χ2v) is 17.4. The van der Waals surface area contributed by atoms with E-state index in [1.165, 1.54) is 193 Å². The molecule has 346 valence electrons. The van der Waals surface area contributed by atoms with Crippen LogP contribution in [0.15, 0.2) is 0 Å². The van der Waals surface area contributed by atoms with Crippen molar-refractivity contribution >= 4 is 12.0 Å². The fourth-order valence-electron chi connectivity index (χ4n) is 8.01. The molecule has 9 nitrogen and oxygen atoms in total. The third kappa shape index (κ3) is 42.7. The second-order valence-electron chi connectivity index (χ2n) is 17.4. The lowest BCUT2D eigenvalue weighted by atomic mass is 10.0. The van der Waals surface area contributed by atoms with Crippen LogP contribution in [0.1, 0.15) is 245 Å². The summed E-state index contributed by atoms with van der Waals surface area (Å²) in [5, 5.41) is 23.8. The maximum absolute atomic E-state index is 12.5. The Morgan fingerprint density at radius 3 is 1.03 bits per heavy atom. The van der Waals surface area contributed by atoms with Crippen molar-refractivity contribution in [3.8, 4) is 0 Å². The van der Waals surface area contributed by atoms with Crippen LogP contribution in [0.25, 0.3) is 0 Å². The first-order valence-electron chi connectivity index (χ1n) is 25.7. The molecule has 0 saturated carbocycles. The van der Waals surface area contributed by atoms with Crippen LogP contribution in [-0.4, -0.2) is 86.0 Å². The minimum atomic E-state index is -0.804. The Hall–Kier alpha value is -1.42. The molecular formula is C49H102N6O3. The Kier molecular flexibility index (Phi) is 47.1. The lowest BCUT2D eigenvalue weighted by molar-refractivity contribution is -0.119. The molecule has 0 fully saturated rings. The number of hydrazine groups is 1. The number of nitrogens with one attached hydrogen (secondary N) is 3. The summed E-state index contributed by atoms with van der Waals surface area (Å²) in [6, 6.07) is 0. The predicted molar refractivity (Wildman–Crippen MR) is 252 cm³/mol. The van der Waals surface area contributed by atoms with Gasteiger partial charge in [-0.1, -0.05) is 206 Å². The molecule has 6 N–H and O–H groups in total. The molecule has 58 heavy (non-hydrogen) atoms. The highest BCUT2D eigenvalue weighted by Gasteiger charge is 2.20. The normalized spacial score (nSPS) is 11.5. The number of nitrogens with two attached hydrogens (primary N) is 1. The third-order valence-corrected chi connectivity index (χ3v) is 11.8. The van der Waals surface area contributed by atoms with Gasteiger partial charge in [-0.2, -0.15) is 0 Å². The van der Waals surface area contributed by atoms with Gasteiger partial charge in [0.05, 0.1) is 6.54 Å². The first-order chi connectivity index (χ1) is 28.6. The Morgan fingerprint density at radius 2 is 0.707 bits per heavy atom. The first kappa shape index (κ1) is 56.6. The van der Waals surface area contributed by atoms with Crippen molar-refractivity contribution in [2.75, 3.05) is 58.9 Å². The summed E-state index contributed by atoms with van der Waals surface area (Å²) in [4.78, 5) is 23.7. The van der Waals surface area contributed by atoms with E-state index in [1.54, 1.807) is 5.01 Å². The monoisotopic (exact) mass is 823 g/mol. The highest BCUT2D eigenvalue weighted by atomic mass is 16.4. The molecule has 0 aromatic heterocycles. The number of carbonyl (C=O) groups excluding carboxylic acids is 1. The van der Waals surface area contributed by atoms with Gasteiger partial charge in [0.1, 0.15) is 0 Å². The van der Waals surface area contributed by atoms with Crippen LogP contribution < -0.4 is 21.7 Å². The van der Waals surface area contributed by atoms with E-state index in [1.807, 2.05) is 0 Å². The summed E-state index contributed by atoms with van der Waals surface area (Å²) in [5.74, 6) is -0.101. The Balaban J connectivity index is 4.33. The Bertz CT molecular complexity index is 798. The third-order valence-electron chi connectivity index (χ3n) is 11.8. The Labute approximate surface area is 361 Å². The van der Waals surface area contributed by atoms with E-state index in [-0.39, 0.29) is 12.5 Å². The van der Waals surface area contributed by atoms with Gasteiger partial charge in [0.25, 0.3) is 0 Å². The fraction of sp³-hybridized carbons (Fsp3) is 0.959. The minimum Gasteiger partial charge on any atom is -0.464 e. The van der Waals surface area contributed by atoms with Crippen LogP contribution >= 0.6 is 0 Å². The summed E-state index contributed by atoms with van der Waals surface area (Å²) in [5.41, 5.74) is 5.31. The van der Waals surface area contributed by atoms with Gasteiger partial charge in [0.2, 0.25) is 5.91 Å². The number of carboxylic acid groups (broad SMARTS) is 1. The lowest BCUT2D eigenvalue weighted by Crippen LogP contribution is -2.47. The molecule has 2 amide bonds. The van der Waals surface area contributed by atoms with E-state index < -0.39 is 6.09 Å². The van der Waals surface area contributed by atoms with Gasteiger partial charge in [-0.3, -0.25) is 4.79 Å². The molecule has 9 heteroatoms. The van der Waals surface area contributed by atoms with Crippen molar-refractivity contribution in [1.82, 2.24) is 26.0 Å². The van der Waals surface area contributed by atoms with Crippen molar-refractivity contribution in [2.45, 2.75) is 245 Å². The quantitative estimate of drug-likeness (QED) is 0.0306. The molecule has 0 aromatic carbocycles. The summed E-state index contributed by atoms with van der Waals surface area (Å²) in [6.45, 7) is 11.2. The van der Waals surface area contributed by atoms with Crippen LogP contribution in [-0.2, 0) is 4.79 Å². The molecular weight excluding hydrogens is 721 g/mol. The van der Waals surface area contributed by atoms with Crippen LogP contribution in [0.5, 0.6) is 0 Å². The number of carbonyl (C=O) groups is 2. The molecule has 0 aromatic rings. The number of rotatable bonds is 49. The van der Waals surface area contributed by atoms with Crippen LogP contribution in [0.3, 0.4) is 0 Å². The summed E-state index contributed by atoms with van der Waals surface area (Å²) >= 11 is 0. The molecule has 0 saturated heterocycles. The Morgan fingerprint density at radius 1 is 0.397 bits per heavy atom. The zero-order valence-corrected chi connectivity index (χ0v) is 39.1. The minimum absolute atomic E-state index is 0.0478. The maximum Gasteiger partial charge on any atom is 0.421 e. The summed E-state index contributed by atoms with van der Waals surface area (Å²) < 4.78 is 0. The van der Waals surface area contributed by atoms with Crippen LogP contribution in [0, 0.1) is 0 Å². The van der Waals surface area contributed by atoms with Gasteiger partial charge in [-0.25, -0.2) is 14.8 Å². The average molecular weight is 823 g/mol. The van der Waals surface area contributed by atoms with Crippen molar-refractivity contribution in [3.05, 3.63) is 0 Å². The lowest BCUT2D eigenvalue weighted by Gasteiger charge is -2.33. The first-order valence-corrected chi connectivity index (χ1v) is 25.7. The summed E-state index contributed by atoms with van der Waals surface area (Å²) in [7, 11) is 0. The number of hydrogen-bond acceptors (Lipinski definition) is 6. The van der Waals surface area contributed by atoms with E-state index in [2.05, 4.69) is 34.8 Å². The number of unbranched alkanes of at least 4 members (excludes halogenated alkanes) is 31. The van der Waals surface area contributed by atoms with Gasteiger partial charge < -0.3 is 26.8 Å². The van der Waals surface area contributed by atoms with Gasteiger partial charge in [-0.15, -0.1) is 0 Å². The van der Waals surface area contributed by atoms with Crippen LogP contribution in [0.4, 0.5) is 4.79 Å². The average Bonchev–Trinajstić information content (AvgIpc) is 3.22. The van der Waals surface area contributed by atoms with E-state index in [0.717, 1.165) is 77.8 Å². The molecule has 0 radical (unpaired) electrons. The van der Waals surface area contributed by atoms with Crippen molar-refractivity contribution < 1.29 is 14.7 Å². The highest BCUT2D eigenvalue weighted by Crippen LogP contribution is 2.16. The van der Waals surface area contributed by atoms with Crippen molar-refractivity contribution in [1.29, 1.82) is 0 Å². The van der Waals surface area contributed by atoms with E-state index >= 15 is 0 Å². The second kappa shape index (κ2) is 48.2. The highest BCUT2D eigenvalue weighted by molar-refractivity contribution is 5.77. The van der Waals surface area contributed by atoms with Gasteiger partial charge >= 0.3 is 6.09 Å². The van der Waals surface area contributed by atoms with Crippen molar-refractivity contribution in [2.24, 2.45) is 5.73 Å². The largest absolute Gasteiger partial charge is 0.464 e. The zero-order valence-electron chi connectivity index (χ0n) is 39.1. The van der Waals surface area contributed by atoms with Gasteiger partial charge in [0.15, 0.2) is 0 Å². The summed E-state index contributed by atoms with van der Waals surface area (Å²) in [6.07, 6.45) is 46.4. The van der Waals surface area contributed by atoms with Gasteiger partial charge in [0, 0.05) is 26.2 Å². The molecule has 0 aliphatic rings. The van der Waals surface area contributed by atoms with E-state index in [9.17, 15) is 14.7 Å². The molecule has 0 aliphatic heterocycles. The molecule has 0 spiro atoms. The number of amides is 2. The molecule has 0 rings (SSSR count). The molecule has 0 heterocycles. The topological polar surface area (TPSA) is 123 Å². The molecule has 0 aliphatic carbocycles. The maximum atomic E-state index is 12.5. The van der Waals surface area contributed by atoms with Crippen LogP contribution in [0.2, 0.25) is 0 Å². The van der Waals surface area contributed by atoms with E-state index in [4.69, 9.17) is 5.73 Å². The smallest absolute Gasteiger partial charge is 0.421 e. The SMILES string of the molecule is CCCCCCCCCCCCCCCCCCN(CCCCCCCCCCCCCCCCCC)N(CCCNCCCCNCCCNC(=O)CN)C(=O)O. The predicted octanol–water partition coefficient (Wildman–Crippen LogP) is 12.5.